The Morgan fingerprint density at radius 1 is 1.06 bits per heavy atom. The van der Waals surface area contributed by atoms with Crippen LogP contribution in [0.4, 0.5) is 4.79 Å². The standard InChI is InChI=1S/C26H29N3O6/c1-15(2)23(24(31)29-13-22(30)28(3)12-21(29)25(32)33)27-26(34)35-14-20-18-10-6-4-8-16(18)17-9-5-7-11-19(17)20/h4-11,15,20-21,23H,12-14H2,1-3H3,(H,27,34)(H,32,33)/t21?,23-/m1/s1. The molecule has 2 aromatic carbocycles. The van der Waals surface area contributed by atoms with Crippen LogP contribution in [-0.4, -0.2) is 77.6 Å². The maximum absolute atomic E-state index is 13.3. The first-order chi connectivity index (χ1) is 16.7. The largest absolute Gasteiger partial charge is 0.480 e. The summed E-state index contributed by atoms with van der Waals surface area (Å²) in [5, 5.41) is 12.2. The lowest BCUT2D eigenvalue weighted by Gasteiger charge is -2.39. The molecule has 184 valence electrons. The third-order valence-electron chi connectivity index (χ3n) is 6.67. The highest BCUT2D eigenvalue weighted by molar-refractivity contribution is 5.94. The van der Waals surface area contributed by atoms with E-state index < -0.39 is 30.1 Å². The minimum atomic E-state index is -1.21. The zero-order valence-electron chi connectivity index (χ0n) is 19.9. The number of aliphatic carboxylic acids is 1. The number of carboxylic acid groups (broad SMARTS) is 1. The number of carbonyl (C=O) groups excluding carboxylic acids is 3. The van der Waals surface area contributed by atoms with Crippen molar-refractivity contribution in [3.05, 3.63) is 59.7 Å². The van der Waals surface area contributed by atoms with Gasteiger partial charge in [0.2, 0.25) is 11.8 Å². The molecule has 3 amide bonds. The number of carboxylic acids is 1. The van der Waals surface area contributed by atoms with E-state index in [9.17, 15) is 24.3 Å². The summed E-state index contributed by atoms with van der Waals surface area (Å²) in [5.41, 5.74) is 4.34. The molecule has 1 aliphatic carbocycles. The summed E-state index contributed by atoms with van der Waals surface area (Å²) in [6, 6.07) is 13.7. The molecule has 0 spiro atoms. The Morgan fingerprint density at radius 3 is 2.17 bits per heavy atom. The summed E-state index contributed by atoms with van der Waals surface area (Å²) in [5.74, 6) is -2.68. The van der Waals surface area contributed by atoms with Gasteiger partial charge in [0.1, 0.15) is 25.2 Å². The SMILES string of the molecule is CC(C)[C@@H](NC(=O)OCC1c2ccccc2-c2ccccc21)C(=O)N1CC(=O)N(C)CC1C(=O)O. The lowest BCUT2D eigenvalue weighted by Crippen LogP contribution is -2.63. The molecule has 2 N–H and O–H groups in total. The van der Waals surface area contributed by atoms with E-state index in [1.807, 2.05) is 48.5 Å². The van der Waals surface area contributed by atoms with Crippen LogP contribution < -0.4 is 5.32 Å². The van der Waals surface area contributed by atoms with Crippen molar-refractivity contribution in [2.75, 3.05) is 26.7 Å². The van der Waals surface area contributed by atoms with E-state index in [-0.39, 0.29) is 37.4 Å². The van der Waals surface area contributed by atoms with Crippen molar-refractivity contribution < 1.29 is 29.0 Å². The van der Waals surface area contributed by atoms with Crippen molar-refractivity contribution in [1.82, 2.24) is 15.1 Å². The zero-order chi connectivity index (χ0) is 25.3. The number of nitrogens with one attached hydrogen (secondary N) is 1. The van der Waals surface area contributed by atoms with E-state index in [0.29, 0.717) is 0 Å². The van der Waals surface area contributed by atoms with Crippen LogP contribution in [0.1, 0.15) is 30.9 Å². The summed E-state index contributed by atoms with van der Waals surface area (Å²) in [6.45, 7) is 3.08. The number of carbonyl (C=O) groups is 4. The third kappa shape index (κ3) is 4.71. The first kappa shape index (κ1) is 24.3. The van der Waals surface area contributed by atoms with Crippen molar-refractivity contribution >= 4 is 23.9 Å². The highest BCUT2D eigenvalue weighted by atomic mass is 16.5. The number of amides is 3. The maximum Gasteiger partial charge on any atom is 0.407 e. The molecular formula is C26H29N3O6. The summed E-state index contributed by atoms with van der Waals surface area (Å²) >= 11 is 0. The fraction of sp³-hybridized carbons (Fsp3) is 0.385. The Bertz CT molecular complexity index is 1120. The van der Waals surface area contributed by atoms with Crippen LogP contribution in [-0.2, 0) is 19.1 Å². The molecule has 1 fully saturated rings. The highest BCUT2D eigenvalue weighted by Gasteiger charge is 2.41. The number of alkyl carbamates (subject to hydrolysis) is 1. The summed E-state index contributed by atoms with van der Waals surface area (Å²) in [6.07, 6.45) is -0.772. The van der Waals surface area contributed by atoms with Gasteiger partial charge in [-0.1, -0.05) is 62.4 Å². The van der Waals surface area contributed by atoms with Crippen LogP contribution in [0, 0.1) is 5.92 Å². The van der Waals surface area contributed by atoms with Gasteiger partial charge in [0, 0.05) is 13.0 Å². The molecule has 2 aromatic rings. The number of ether oxygens (including phenoxy) is 1. The monoisotopic (exact) mass is 479 g/mol. The molecule has 0 bridgehead atoms. The Hall–Kier alpha value is -3.88. The molecule has 2 atom stereocenters. The lowest BCUT2D eigenvalue weighted by molar-refractivity contribution is -0.160. The first-order valence-corrected chi connectivity index (χ1v) is 11.6. The molecule has 0 aromatic heterocycles. The number of hydrogen-bond acceptors (Lipinski definition) is 5. The molecule has 1 unspecified atom stereocenters. The van der Waals surface area contributed by atoms with Gasteiger partial charge in [-0.15, -0.1) is 0 Å². The molecule has 1 saturated heterocycles. The zero-order valence-corrected chi connectivity index (χ0v) is 19.9. The molecule has 9 nitrogen and oxygen atoms in total. The van der Waals surface area contributed by atoms with Gasteiger partial charge in [-0.05, 0) is 28.2 Å². The Labute approximate surface area is 203 Å². The number of piperazine rings is 1. The fourth-order valence-electron chi connectivity index (χ4n) is 4.74. The van der Waals surface area contributed by atoms with Crippen LogP contribution in [0.2, 0.25) is 0 Å². The van der Waals surface area contributed by atoms with Gasteiger partial charge in [0.25, 0.3) is 0 Å². The summed E-state index contributed by atoms with van der Waals surface area (Å²) < 4.78 is 5.56. The molecule has 1 aliphatic heterocycles. The Morgan fingerprint density at radius 2 is 1.63 bits per heavy atom. The van der Waals surface area contributed by atoms with Crippen LogP contribution in [0.5, 0.6) is 0 Å². The quantitative estimate of drug-likeness (QED) is 0.657. The minimum Gasteiger partial charge on any atom is -0.480 e. The minimum absolute atomic E-state index is 0.0869. The van der Waals surface area contributed by atoms with Gasteiger partial charge in [0.05, 0.1) is 6.54 Å². The average molecular weight is 480 g/mol. The van der Waals surface area contributed by atoms with Gasteiger partial charge in [-0.25, -0.2) is 9.59 Å². The molecule has 9 heteroatoms. The fourth-order valence-corrected chi connectivity index (χ4v) is 4.74. The van der Waals surface area contributed by atoms with Gasteiger partial charge in [-0.3, -0.25) is 9.59 Å². The predicted octanol–water partition coefficient (Wildman–Crippen LogP) is 2.30. The molecule has 2 aliphatic rings. The van der Waals surface area contributed by atoms with E-state index in [4.69, 9.17) is 4.74 Å². The molecule has 1 heterocycles. The molecule has 35 heavy (non-hydrogen) atoms. The van der Waals surface area contributed by atoms with E-state index in [2.05, 4.69) is 5.32 Å². The van der Waals surface area contributed by atoms with Crippen molar-refractivity contribution in [3.63, 3.8) is 0 Å². The predicted molar refractivity (Wildman–Crippen MR) is 128 cm³/mol. The number of nitrogens with zero attached hydrogens (tertiary/aromatic N) is 2. The summed E-state index contributed by atoms with van der Waals surface area (Å²) in [4.78, 5) is 52.2. The number of benzene rings is 2. The number of hydrogen-bond donors (Lipinski definition) is 2. The third-order valence-corrected chi connectivity index (χ3v) is 6.67. The van der Waals surface area contributed by atoms with Gasteiger partial charge < -0.3 is 25.0 Å². The molecule has 4 rings (SSSR count). The number of fused-ring (bicyclic) bond motifs is 3. The Balaban J connectivity index is 1.46. The van der Waals surface area contributed by atoms with Crippen molar-refractivity contribution in [2.45, 2.75) is 31.8 Å². The lowest BCUT2D eigenvalue weighted by atomic mass is 9.98. The second-order valence-corrected chi connectivity index (χ2v) is 9.29. The van der Waals surface area contributed by atoms with Gasteiger partial charge in [0.15, 0.2) is 0 Å². The van der Waals surface area contributed by atoms with Crippen LogP contribution >= 0.6 is 0 Å². The molecular weight excluding hydrogens is 450 g/mol. The van der Waals surface area contributed by atoms with Crippen molar-refractivity contribution in [3.8, 4) is 11.1 Å². The molecule has 0 saturated carbocycles. The molecule has 0 radical (unpaired) electrons. The average Bonchev–Trinajstić information content (AvgIpc) is 3.15. The maximum atomic E-state index is 13.3. The van der Waals surface area contributed by atoms with E-state index in [1.54, 1.807) is 13.8 Å². The van der Waals surface area contributed by atoms with E-state index in [1.165, 1.54) is 11.9 Å². The number of likely N-dealkylation sites (N-methyl/N-ethyl adjacent to an activating group) is 1. The summed E-state index contributed by atoms with van der Waals surface area (Å²) in [7, 11) is 1.49. The van der Waals surface area contributed by atoms with Crippen LogP contribution in [0.25, 0.3) is 11.1 Å². The smallest absolute Gasteiger partial charge is 0.407 e. The van der Waals surface area contributed by atoms with Crippen molar-refractivity contribution in [2.24, 2.45) is 5.92 Å². The first-order valence-electron chi connectivity index (χ1n) is 11.6. The van der Waals surface area contributed by atoms with E-state index in [0.717, 1.165) is 27.2 Å². The van der Waals surface area contributed by atoms with Crippen LogP contribution in [0.15, 0.2) is 48.5 Å². The second-order valence-electron chi connectivity index (χ2n) is 9.29. The normalized spacial score (nSPS) is 18.2. The number of rotatable bonds is 6. The topological polar surface area (TPSA) is 116 Å². The van der Waals surface area contributed by atoms with Crippen molar-refractivity contribution in [1.29, 1.82) is 0 Å². The van der Waals surface area contributed by atoms with Gasteiger partial charge >= 0.3 is 12.1 Å². The highest BCUT2D eigenvalue weighted by Crippen LogP contribution is 2.44. The van der Waals surface area contributed by atoms with E-state index >= 15 is 0 Å². The van der Waals surface area contributed by atoms with Gasteiger partial charge in [-0.2, -0.15) is 0 Å². The second kappa shape index (κ2) is 9.77. The van der Waals surface area contributed by atoms with Crippen LogP contribution in [0.3, 0.4) is 0 Å². The Kier molecular flexibility index (Phi) is 6.77.